The first kappa shape index (κ1) is 19.9. The van der Waals surface area contributed by atoms with Gasteiger partial charge in [-0.15, -0.1) is 11.3 Å². The molecule has 3 aromatic rings. The van der Waals surface area contributed by atoms with E-state index in [0.29, 0.717) is 16.1 Å². The lowest BCUT2D eigenvalue weighted by Gasteiger charge is -2.08. The number of hydrazine groups is 1. The van der Waals surface area contributed by atoms with Crippen LogP contribution in [0.4, 0.5) is 5.69 Å². The zero-order chi connectivity index (χ0) is 20.9. The monoisotopic (exact) mass is 423 g/mol. The molecular weight excluding hydrogens is 402 g/mol. The molecule has 4 rings (SSSR count). The van der Waals surface area contributed by atoms with Gasteiger partial charge in [0.05, 0.1) is 11.1 Å². The molecule has 0 fully saturated rings. The number of thiophene rings is 1. The summed E-state index contributed by atoms with van der Waals surface area (Å²) in [6.07, 6.45) is 6.94. The van der Waals surface area contributed by atoms with E-state index in [-0.39, 0.29) is 11.7 Å². The highest BCUT2D eigenvalue weighted by Gasteiger charge is 2.17. The first-order valence-electron chi connectivity index (χ1n) is 9.77. The first-order chi connectivity index (χ1) is 14.6. The summed E-state index contributed by atoms with van der Waals surface area (Å²) in [6, 6.07) is 11.5. The third-order valence-electron chi connectivity index (χ3n) is 4.89. The van der Waals surface area contributed by atoms with E-state index in [1.807, 2.05) is 6.07 Å². The van der Waals surface area contributed by atoms with Gasteiger partial charge in [-0.2, -0.15) is 0 Å². The maximum Gasteiger partial charge on any atom is 0.291 e. The highest BCUT2D eigenvalue weighted by molar-refractivity contribution is 7.14. The van der Waals surface area contributed by atoms with E-state index < -0.39 is 11.8 Å². The predicted octanol–water partition coefficient (Wildman–Crippen LogP) is 3.94. The third-order valence-corrected chi connectivity index (χ3v) is 6.12. The number of hydrogen-bond donors (Lipinski definition) is 3. The summed E-state index contributed by atoms with van der Waals surface area (Å²) in [7, 11) is 0. The molecule has 0 saturated carbocycles. The van der Waals surface area contributed by atoms with Crippen LogP contribution in [0.1, 0.15) is 60.3 Å². The molecule has 7 nitrogen and oxygen atoms in total. The Morgan fingerprint density at radius 1 is 0.867 bits per heavy atom. The minimum Gasteiger partial charge on any atom is -0.459 e. The first-order valence-corrected chi connectivity index (χ1v) is 10.6. The van der Waals surface area contributed by atoms with Crippen molar-refractivity contribution in [3.8, 4) is 0 Å². The van der Waals surface area contributed by atoms with Gasteiger partial charge >= 0.3 is 0 Å². The molecule has 1 aromatic carbocycles. The summed E-state index contributed by atoms with van der Waals surface area (Å²) >= 11 is 1.49. The van der Waals surface area contributed by atoms with Crippen molar-refractivity contribution in [2.45, 2.75) is 32.1 Å². The molecule has 0 unspecified atom stereocenters. The fourth-order valence-electron chi connectivity index (χ4n) is 3.37. The van der Waals surface area contributed by atoms with Gasteiger partial charge in [0.2, 0.25) is 0 Å². The number of benzene rings is 1. The zero-order valence-electron chi connectivity index (χ0n) is 16.2. The van der Waals surface area contributed by atoms with Crippen molar-refractivity contribution < 1.29 is 18.8 Å². The van der Waals surface area contributed by atoms with Gasteiger partial charge in [0.25, 0.3) is 17.7 Å². The second kappa shape index (κ2) is 8.96. The molecule has 154 valence electrons. The van der Waals surface area contributed by atoms with Gasteiger partial charge in [-0.25, -0.2) is 0 Å². The molecule has 3 N–H and O–H groups in total. The highest BCUT2D eigenvalue weighted by atomic mass is 32.1. The maximum atomic E-state index is 12.4. The van der Waals surface area contributed by atoms with Gasteiger partial charge in [0.15, 0.2) is 5.76 Å². The second-order valence-electron chi connectivity index (χ2n) is 7.04. The van der Waals surface area contributed by atoms with Crippen molar-refractivity contribution in [1.29, 1.82) is 0 Å². The second-order valence-corrected chi connectivity index (χ2v) is 8.18. The van der Waals surface area contributed by atoms with Gasteiger partial charge in [0.1, 0.15) is 0 Å². The van der Waals surface area contributed by atoms with E-state index in [0.717, 1.165) is 25.7 Å². The Labute approximate surface area is 177 Å². The molecule has 1 aliphatic carbocycles. The minimum absolute atomic E-state index is 0.173. The summed E-state index contributed by atoms with van der Waals surface area (Å²) in [5.74, 6) is -1.05. The zero-order valence-corrected chi connectivity index (χ0v) is 17.0. The lowest BCUT2D eigenvalue weighted by atomic mass is 10.1. The van der Waals surface area contributed by atoms with Crippen molar-refractivity contribution in [2.75, 3.05) is 5.32 Å². The van der Waals surface area contributed by atoms with Crippen molar-refractivity contribution in [3.05, 3.63) is 75.4 Å². The van der Waals surface area contributed by atoms with Gasteiger partial charge in [0, 0.05) is 16.1 Å². The number of carbonyl (C=O) groups excluding carboxylic acids is 3. The fourth-order valence-corrected chi connectivity index (χ4v) is 4.51. The van der Waals surface area contributed by atoms with Crippen LogP contribution in [-0.4, -0.2) is 17.7 Å². The van der Waals surface area contributed by atoms with E-state index in [1.165, 1.54) is 40.5 Å². The van der Waals surface area contributed by atoms with Crippen LogP contribution in [0.25, 0.3) is 0 Å². The van der Waals surface area contributed by atoms with Crippen LogP contribution in [0.2, 0.25) is 0 Å². The van der Waals surface area contributed by atoms with E-state index >= 15 is 0 Å². The van der Waals surface area contributed by atoms with Crippen molar-refractivity contribution in [2.24, 2.45) is 0 Å². The summed E-state index contributed by atoms with van der Waals surface area (Å²) < 4.78 is 5.05. The van der Waals surface area contributed by atoms with Crippen LogP contribution in [-0.2, 0) is 12.8 Å². The molecule has 0 spiro atoms. The molecule has 0 bridgehead atoms. The van der Waals surface area contributed by atoms with E-state index in [2.05, 4.69) is 16.2 Å². The third kappa shape index (κ3) is 4.60. The van der Waals surface area contributed by atoms with Gasteiger partial charge in [-0.1, -0.05) is 12.5 Å². The van der Waals surface area contributed by atoms with Crippen molar-refractivity contribution in [1.82, 2.24) is 10.9 Å². The molecule has 2 heterocycles. The number of furan rings is 1. The van der Waals surface area contributed by atoms with Crippen LogP contribution < -0.4 is 16.2 Å². The number of hydrogen-bond acceptors (Lipinski definition) is 5. The lowest BCUT2D eigenvalue weighted by Crippen LogP contribution is -2.41. The normalized spacial score (nSPS) is 13.1. The number of carbonyl (C=O) groups is 3. The molecule has 0 radical (unpaired) electrons. The Balaban J connectivity index is 1.36. The Bertz CT molecular complexity index is 1050. The number of nitrogens with one attached hydrogen (secondary N) is 3. The van der Waals surface area contributed by atoms with Crippen molar-refractivity contribution >= 4 is 34.7 Å². The van der Waals surface area contributed by atoms with Crippen LogP contribution in [0.3, 0.4) is 0 Å². The van der Waals surface area contributed by atoms with Crippen molar-refractivity contribution in [3.63, 3.8) is 0 Å². The van der Waals surface area contributed by atoms with E-state index in [9.17, 15) is 14.4 Å². The Morgan fingerprint density at radius 2 is 1.70 bits per heavy atom. The number of fused-ring (bicyclic) bond motifs is 1. The standard InChI is InChI=1S/C22H21N3O4S/c26-20(15-7-4-8-16(12-15)23-21(27)17-9-5-11-29-17)24-25-22(28)19-13-14-6-2-1-3-10-18(14)30-19/h4-5,7-9,11-13H,1-3,6,10H2,(H,23,27)(H,24,26)(H,25,28). The summed E-state index contributed by atoms with van der Waals surface area (Å²) in [5, 5.41) is 2.66. The van der Waals surface area contributed by atoms with Crippen LogP contribution >= 0.6 is 11.3 Å². The predicted molar refractivity (Wildman–Crippen MR) is 114 cm³/mol. The van der Waals surface area contributed by atoms with Gasteiger partial charge in [-0.05, 0) is 67.6 Å². The maximum absolute atomic E-state index is 12.4. The Kier molecular flexibility index (Phi) is 5.94. The number of amides is 3. The molecule has 3 amide bonds. The van der Waals surface area contributed by atoms with Crippen LogP contribution in [0.5, 0.6) is 0 Å². The molecule has 0 saturated heterocycles. The summed E-state index contributed by atoms with van der Waals surface area (Å²) in [6.45, 7) is 0. The van der Waals surface area contributed by atoms with E-state index in [4.69, 9.17) is 4.42 Å². The minimum atomic E-state index is -0.476. The largest absolute Gasteiger partial charge is 0.459 e. The molecule has 0 aliphatic heterocycles. The molecule has 2 aromatic heterocycles. The SMILES string of the molecule is O=C(NNC(=O)c1cc2c(s1)CCCCC2)c1cccc(NC(=O)c2ccco2)c1. The highest BCUT2D eigenvalue weighted by Crippen LogP contribution is 2.28. The van der Waals surface area contributed by atoms with Crippen LogP contribution in [0, 0.1) is 0 Å². The molecule has 30 heavy (non-hydrogen) atoms. The quantitative estimate of drug-likeness (QED) is 0.437. The number of anilines is 1. The average molecular weight is 423 g/mol. The van der Waals surface area contributed by atoms with E-state index in [1.54, 1.807) is 30.3 Å². The molecule has 8 heteroatoms. The Hall–Kier alpha value is -3.39. The van der Waals surface area contributed by atoms with Gasteiger partial charge < -0.3 is 9.73 Å². The number of rotatable bonds is 4. The molecular formula is C22H21N3O4S. The molecule has 0 atom stereocenters. The van der Waals surface area contributed by atoms with Gasteiger partial charge in [-0.3, -0.25) is 25.2 Å². The Morgan fingerprint density at radius 3 is 2.53 bits per heavy atom. The lowest BCUT2D eigenvalue weighted by molar-refractivity contribution is 0.0849. The topological polar surface area (TPSA) is 100 Å². The smallest absolute Gasteiger partial charge is 0.291 e. The molecule has 1 aliphatic rings. The summed E-state index contributed by atoms with van der Waals surface area (Å²) in [5.41, 5.74) is 6.90. The average Bonchev–Trinajstić information content (AvgIpc) is 3.38. The fraction of sp³-hybridized carbons (Fsp3) is 0.227. The van der Waals surface area contributed by atoms with Crippen LogP contribution in [0.15, 0.2) is 53.1 Å². The number of aryl methyl sites for hydroxylation is 2. The summed E-state index contributed by atoms with van der Waals surface area (Å²) in [4.78, 5) is 38.8.